The number of carbonyl (C=O) groups excluding carboxylic acids is 1. The number of carbonyl (C=O) groups is 1. The van der Waals surface area contributed by atoms with E-state index >= 15 is 0 Å². The minimum atomic E-state index is -0.959. The minimum Gasteiger partial charge on any atom is -0.411 e. The van der Waals surface area contributed by atoms with Crippen LogP contribution >= 0.6 is 11.8 Å². The Morgan fingerprint density at radius 3 is 2.64 bits per heavy atom. The Morgan fingerprint density at radius 2 is 2.04 bits per heavy atom. The molecule has 2 atom stereocenters. The van der Waals surface area contributed by atoms with Crippen molar-refractivity contribution in [2.24, 2.45) is 5.92 Å². The highest BCUT2D eigenvalue weighted by Crippen LogP contribution is 2.28. The van der Waals surface area contributed by atoms with E-state index < -0.39 is 16.6 Å². The van der Waals surface area contributed by atoms with Crippen molar-refractivity contribution in [3.8, 4) is 17.5 Å². The maximum Gasteiger partial charge on any atom is 0.277 e. The quantitative estimate of drug-likeness (QED) is 0.792. The summed E-state index contributed by atoms with van der Waals surface area (Å²) in [6.07, 6.45) is 0. The summed E-state index contributed by atoms with van der Waals surface area (Å²) in [5, 5.41) is 19.3. The molecule has 0 bridgehead atoms. The van der Waals surface area contributed by atoms with Gasteiger partial charge in [-0.3, -0.25) is 4.79 Å². The van der Waals surface area contributed by atoms with Gasteiger partial charge in [0.1, 0.15) is 11.4 Å². The van der Waals surface area contributed by atoms with Gasteiger partial charge in [0.05, 0.1) is 16.9 Å². The van der Waals surface area contributed by atoms with Gasteiger partial charge in [-0.25, -0.2) is 4.39 Å². The first-order chi connectivity index (χ1) is 11.8. The van der Waals surface area contributed by atoms with Gasteiger partial charge in [-0.15, -0.1) is 10.2 Å². The molecular formula is C17H19FN4O2S. The molecular weight excluding hydrogens is 343 g/mol. The van der Waals surface area contributed by atoms with Crippen molar-refractivity contribution in [1.29, 1.82) is 5.26 Å². The molecule has 0 fully saturated rings. The van der Waals surface area contributed by atoms with E-state index in [1.54, 1.807) is 26.0 Å². The molecule has 1 amide bonds. The summed E-state index contributed by atoms with van der Waals surface area (Å²) in [6, 6.07) is 8.20. The molecule has 6 nitrogen and oxygen atoms in total. The Hall–Kier alpha value is -2.40. The molecule has 132 valence electrons. The maximum atomic E-state index is 13.7. The Labute approximate surface area is 149 Å². The molecule has 0 saturated carbocycles. The lowest BCUT2D eigenvalue weighted by molar-refractivity contribution is -0.121. The average molecular weight is 362 g/mol. The predicted molar refractivity (Wildman–Crippen MR) is 92.0 cm³/mol. The fourth-order valence-corrected chi connectivity index (χ4v) is 2.55. The van der Waals surface area contributed by atoms with Crippen LogP contribution in [0.2, 0.25) is 0 Å². The Bertz CT molecular complexity index is 802. The van der Waals surface area contributed by atoms with E-state index in [1.807, 2.05) is 13.8 Å². The van der Waals surface area contributed by atoms with Crippen molar-refractivity contribution >= 4 is 17.7 Å². The number of aromatic nitrogens is 2. The lowest BCUT2D eigenvalue weighted by atomic mass is 9.90. The molecule has 8 heteroatoms. The molecule has 1 aromatic heterocycles. The van der Waals surface area contributed by atoms with Crippen LogP contribution in [0.4, 0.5) is 4.39 Å². The fraction of sp³-hybridized carbons (Fsp3) is 0.412. The number of amides is 1. The number of halogens is 1. The summed E-state index contributed by atoms with van der Waals surface area (Å²) in [5.41, 5.74) is -0.755. The van der Waals surface area contributed by atoms with Gasteiger partial charge in [0.2, 0.25) is 5.91 Å². The second kappa shape index (κ2) is 7.66. The van der Waals surface area contributed by atoms with E-state index in [4.69, 9.17) is 4.42 Å². The van der Waals surface area contributed by atoms with Crippen molar-refractivity contribution in [3.05, 3.63) is 30.1 Å². The number of hydrogen-bond acceptors (Lipinski definition) is 6. The smallest absolute Gasteiger partial charge is 0.277 e. The lowest BCUT2D eigenvalue weighted by Gasteiger charge is -2.28. The van der Waals surface area contributed by atoms with Crippen LogP contribution in [0.5, 0.6) is 0 Å². The normalized spacial score (nSPS) is 14.6. The molecule has 1 heterocycles. The standard InChI is InChI=1S/C17H19FN4O2S/c1-10(2)17(4,9-19)20-14(23)11(3)25-16-22-21-15(24-16)12-7-5-6-8-13(12)18/h5-8,10-11H,1-4H3,(H,20,23)/t11-,17-/m1/s1. The van der Waals surface area contributed by atoms with Crippen LogP contribution in [-0.4, -0.2) is 26.9 Å². The third-order valence-electron chi connectivity index (χ3n) is 3.93. The number of rotatable bonds is 6. The topological polar surface area (TPSA) is 91.8 Å². The Balaban J connectivity index is 2.07. The van der Waals surface area contributed by atoms with Crippen molar-refractivity contribution < 1.29 is 13.6 Å². The highest BCUT2D eigenvalue weighted by Gasteiger charge is 2.32. The molecule has 0 unspecified atom stereocenters. The van der Waals surface area contributed by atoms with Crippen LogP contribution < -0.4 is 5.32 Å². The molecule has 1 aromatic carbocycles. The Morgan fingerprint density at radius 1 is 1.36 bits per heavy atom. The number of hydrogen-bond donors (Lipinski definition) is 1. The summed E-state index contributed by atoms with van der Waals surface area (Å²) in [4.78, 5) is 12.3. The largest absolute Gasteiger partial charge is 0.411 e. The molecule has 0 saturated heterocycles. The van der Waals surface area contributed by atoms with Crippen molar-refractivity contribution in [1.82, 2.24) is 15.5 Å². The van der Waals surface area contributed by atoms with Gasteiger partial charge in [-0.1, -0.05) is 37.7 Å². The van der Waals surface area contributed by atoms with Crippen molar-refractivity contribution in [3.63, 3.8) is 0 Å². The van der Waals surface area contributed by atoms with Gasteiger partial charge in [-0.05, 0) is 31.9 Å². The average Bonchev–Trinajstić information content (AvgIpc) is 3.03. The monoisotopic (exact) mass is 362 g/mol. The third-order valence-corrected chi connectivity index (χ3v) is 4.86. The van der Waals surface area contributed by atoms with E-state index in [2.05, 4.69) is 21.6 Å². The molecule has 0 spiro atoms. The fourth-order valence-electron chi connectivity index (χ4n) is 1.86. The molecule has 1 N–H and O–H groups in total. The summed E-state index contributed by atoms with van der Waals surface area (Å²) >= 11 is 1.05. The van der Waals surface area contributed by atoms with Gasteiger partial charge in [0.15, 0.2) is 0 Å². The van der Waals surface area contributed by atoms with Crippen LogP contribution in [0, 0.1) is 23.1 Å². The molecule has 0 aliphatic carbocycles. The van der Waals surface area contributed by atoms with Crippen LogP contribution in [0.1, 0.15) is 27.7 Å². The van der Waals surface area contributed by atoms with E-state index in [9.17, 15) is 14.4 Å². The predicted octanol–water partition coefficient (Wildman–Crippen LogP) is 3.41. The van der Waals surface area contributed by atoms with Crippen molar-refractivity contribution in [2.75, 3.05) is 0 Å². The van der Waals surface area contributed by atoms with E-state index in [1.165, 1.54) is 12.1 Å². The zero-order valence-electron chi connectivity index (χ0n) is 14.4. The SMILES string of the molecule is CC(C)[C@@](C)(C#N)NC(=O)[C@@H](C)Sc1nnc(-c2ccccc2F)o1. The van der Waals surface area contributed by atoms with E-state index in [0.29, 0.717) is 0 Å². The Kier molecular flexibility index (Phi) is 5.80. The number of nitrogens with one attached hydrogen (secondary N) is 1. The number of nitrogens with zero attached hydrogens (tertiary/aromatic N) is 3. The molecule has 0 radical (unpaired) electrons. The van der Waals surface area contributed by atoms with Crippen LogP contribution in [0.3, 0.4) is 0 Å². The second-order valence-electron chi connectivity index (χ2n) is 6.07. The molecule has 0 aliphatic heterocycles. The van der Waals surface area contributed by atoms with Crippen LogP contribution in [-0.2, 0) is 4.79 Å². The van der Waals surface area contributed by atoms with Gasteiger partial charge in [0, 0.05) is 0 Å². The highest BCUT2D eigenvalue weighted by atomic mass is 32.2. The first kappa shape index (κ1) is 18.9. The first-order valence-electron chi connectivity index (χ1n) is 7.75. The molecule has 2 rings (SSSR count). The zero-order chi connectivity index (χ0) is 18.6. The number of thioether (sulfide) groups is 1. The van der Waals surface area contributed by atoms with Crippen molar-refractivity contribution in [2.45, 2.75) is 43.7 Å². The van der Waals surface area contributed by atoms with Crippen LogP contribution in [0.25, 0.3) is 11.5 Å². The summed E-state index contributed by atoms with van der Waals surface area (Å²) in [6.45, 7) is 7.07. The third kappa shape index (κ3) is 4.37. The minimum absolute atomic E-state index is 0.0466. The van der Waals surface area contributed by atoms with E-state index in [-0.39, 0.29) is 28.5 Å². The zero-order valence-corrected chi connectivity index (χ0v) is 15.2. The van der Waals surface area contributed by atoms with Gasteiger partial charge >= 0.3 is 0 Å². The maximum absolute atomic E-state index is 13.7. The van der Waals surface area contributed by atoms with E-state index in [0.717, 1.165) is 11.8 Å². The van der Waals surface area contributed by atoms with Crippen LogP contribution in [0.15, 0.2) is 33.9 Å². The van der Waals surface area contributed by atoms with Gasteiger partial charge < -0.3 is 9.73 Å². The molecule has 2 aromatic rings. The first-order valence-corrected chi connectivity index (χ1v) is 8.63. The summed E-state index contributed by atoms with van der Waals surface area (Å²) in [7, 11) is 0. The lowest BCUT2D eigenvalue weighted by Crippen LogP contribution is -2.51. The molecule has 25 heavy (non-hydrogen) atoms. The summed E-state index contributed by atoms with van der Waals surface area (Å²) in [5.74, 6) is -0.768. The number of benzene rings is 1. The molecule has 0 aliphatic rings. The van der Waals surface area contributed by atoms with Gasteiger partial charge in [0.25, 0.3) is 11.1 Å². The second-order valence-corrected chi connectivity index (χ2v) is 7.36. The highest BCUT2D eigenvalue weighted by molar-refractivity contribution is 8.00. The number of nitriles is 1. The summed E-state index contributed by atoms with van der Waals surface area (Å²) < 4.78 is 19.2. The van der Waals surface area contributed by atoms with Gasteiger partial charge in [-0.2, -0.15) is 5.26 Å².